The molecule has 2 aliphatic heterocycles. The third kappa shape index (κ3) is 4.34. The standard InChI is InChI=1S/C28H28ClF3N6O3/c1-36(13-22(40)38-14-27(15-38)6-7-28(27,31)32)21-5-2-17(30)24(29)23(21)26(16-39)8-10-37(11-9-26)25(41)19-4-3-18-20(34-19)12-33-35-18/h2-5,12,16H,6-11,13-15H2,1H3,(H,33,35). The van der Waals surface area contributed by atoms with Crippen molar-refractivity contribution in [1.82, 2.24) is 25.0 Å². The van der Waals surface area contributed by atoms with Crippen LogP contribution in [0, 0.1) is 11.2 Å². The van der Waals surface area contributed by atoms with Crippen LogP contribution >= 0.6 is 11.6 Å². The van der Waals surface area contributed by atoms with Crippen molar-refractivity contribution in [3.8, 4) is 0 Å². The molecule has 1 aromatic carbocycles. The summed E-state index contributed by atoms with van der Waals surface area (Å²) < 4.78 is 42.7. The summed E-state index contributed by atoms with van der Waals surface area (Å²) in [7, 11) is 1.62. The van der Waals surface area contributed by atoms with Gasteiger partial charge in [-0.05, 0) is 43.5 Å². The van der Waals surface area contributed by atoms with Gasteiger partial charge in [0.1, 0.15) is 23.3 Å². The maximum Gasteiger partial charge on any atom is 0.272 e. The van der Waals surface area contributed by atoms with E-state index in [1.807, 2.05) is 0 Å². The Morgan fingerprint density at radius 3 is 2.46 bits per heavy atom. The van der Waals surface area contributed by atoms with Gasteiger partial charge in [-0.1, -0.05) is 11.6 Å². The molecule has 1 saturated carbocycles. The summed E-state index contributed by atoms with van der Waals surface area (Å²) in [6.07, 6.45) is 2.86. The maximum absolute atomic E-state index is 14.8. The molecule has 1 spiro atoms. The van der Waals surface area contributed by atoms with Crippen molar-refractivity contribution in [2.75, 3.05) is 44.7 Å². The Balaban J connectivity index is 1.19. The Bertz CT molecular complexity index is 1550. The van der Waals surface area contributed by atoms with Gasteiger partial charge in [0.15, 0.2) is 0 Å². The number of nitrogens with zero attached hydrogens (tertiary/aromatic N) is 5. The predicted octanol–water partition coefficient (Wildman–Crippen LogP) is 3.82. The number of H-pyrrole nitrogens is 1. The number of carbonyl (C=O) groups excluding carboxylic acids is 3. The molecule has 2 amide bonds. The summed E-state index contributed by atoms with van der Waals surface area (Å²) in [5.41, 5.74) is -0.178. The fourth-order valence-corrected chi connectivity index (χ4v) is 6.63. The molecule has 0 radical (unpaired) electrons. The Kier molecular flexibility index (Phi) is 6.51. The Labute approximate surface area is 238 Å². The number of aldehydes is 1. The Morgan fingerprint density at radius 1 is 1.10 bits per heavy atom. The zero-order valence-electron chi connectivity index (χ0n) is 22.3. The molecule has 0 atom stereocenters. The van der Waals surface area contributed by atoms with Crippen LogP contribution < -0.4 is 4.90 Å². The summed E-state index contributed by atoms with van der Waals surface area (Å²) in [4.78, 5) is 47.7. The van der Waals surface area contributed by atoms with E-state index >= 15 is 0 Å². The van der Waals surface area contributed by atoms with E-state index in [0.29, 0.717) is 23.1 Å². The van der Waals surface area contributed by atoms with Gasteiger partial charge in [-0.3, -0.25) is 14.7 Å². The topological polar surface area (TPSA) is 102 Å². The van der Waals surface area contributed by atoms with Gasteiger partial charge in [-0.25, -0.2) is 18.2 Å². The lowest BCUT2D eigenvalue weighted by Crippen LogP contribution is -2.71. The van der Waals surface area contributed by atoms with Gasteiger partial charge in [-0.2, -0.15) is 5.10 Å². The number of rotatable bonds is 6. The molecule has 13 heteroatoms. The first-order valence-electron chi connectivity index (χ1n) is 13.4. The number of hydrogen-bond donors (Lipinski definition) is 1. The Morgan fingerprint density at radius 2 is 1.83 bits per heavy atom. The van der Waals surface area contributed by atoms with Gasteiger partial charge in [0.25, 0.3) is 11.8 Å². The molecular formula is C28H28ClF3N6O3. The minimum Gasteiger partial charge on any atom is -0.365 e. The van der Waals surface area contributed by atoms with Crippen LogP contribution in [0.3, 0.4) is 0 Å². The molecule has 9 nitrogen and oxygen atoms in total. The number of benzene rings is 1. The van der Waals surface area contributed by atoms with Gasteiger partial charge in [-0.15, -0.1) is 0 Å². The van der Waals surface area contributed by atoms with E-state index in [4.69, 9.17) is 11.6 Å². The second-order valence-corrected chi connectivity index (χ2v) is 11.8. The highest BCUT2D eigenvalue weighted by atomic mass is 35.5. The zero-order valence-corrected chi connectivity index (χ0v) is 23.1. The fourth-order valence-electron chi connectivity index (χ4n) is 6.29. The number of pyridine rings is 1. The number of halogens is 4. The lowest BCUT2D eigenvalue weighted by Gasteiger charge is -2.60. The number of fused-ring (bicyclic) bond motifs is 1. The van der Waals surface area contributed by atoms with E-state index in [1.165, 1.54) is 23.2 Å². The number of anilines is 1. The van der Waals surface area contributed by atoms with E-state index in [-0.39, 0.29) is 80.1 Å². The molecule has 0 bridgehead atoms. The van der Waals surface area contributed by atoms with Crippen molar-refractivity contribution in [2.45, 2.75) is 37.0 Å². The van der Waals surface area contributed by atoms with Crippen LogP contribution in [0.25, 0.3) is 11.0 Å². The third-order valence-corrected chi connectivity index (χ3v) is 9.44. The van der Waals surface area contributed by atoms with Crippen molar-refractivity contribution in [3.63, 3.8) is 0 Å². The first-order chi connectivity index (χ1) is 19.5. The molecule has 2 aromatic heterocycles. The highest BCUT2D eigenvalue weighted by Crippen LogP contribution is 2.58. The van der Waals surface area contributed by atoms with Crippen molar-refractivity contribution in [3.05, 3.63) is 52.6 Å². The second kappa shape index (κ2) is 9.71. The number of alkyl halides is 2. The van der Waals surface area contributed by atoms with Crippen LogP contribution in [-0.4, -0.2) is 88.8 Å². The first kappa shape index (κ1) is 27.5. The molecule has 3 aromatic rings. The van der Waals surface area contributed by atoms with Crippen molar-refractivity contribution < 1.29 is 27.6 Å². The van der Waals surface area contributed by atoms with Gasteiger partial charge >= 0.3 is 0 Å². The average Bonchev–Trinajstić information content (AvgIpc) is 3.41. The van der Waals surface area contributed by atoms with E-state index in [2.05, 4.69) is 15.2 Å². The highest BCUT2D eigenvalue weighted by molar-refractivity contribution is 6.32. The minimum atomic E-state index is -2.75. The van der Waals surface area contributed by atoms with Crippen LogP contribution in [0.1, 0.15) is 41.7 Å². The van der Waals surface area contributed by atoms with Gasteiger partial charge in [0.2, 0.25) is 5.91 Å². The van der Waals surface area contributed by atoms with Crippen molar-refractivity contribution in [1.29, 1.82) is 0 Å². The van der Waals surface area contributed by atoms with Gasteiger partial charge in [0, 0.05) is 50.9 Å². The number of aromatic nitrogens is 3. The number of aromatic amines is 1. The monoisotopic (exact) mass is 588 g/mol. The van der Waals surface area contributed by atoms with E-state index in [0.717, 1.165) is 6.29 Å². The van der Waals surface area contributed by atoms with E-state index in [1.54, 1.807) is 29.0 Å². The summed E-state index contributed by atoms with van der Waals surface area (Å²) >= 11 is 6.48. The number of amides is 2. The van der Waals surface area contributed by atoms with Crippen LogP contribution in [0.4, 0.5) is 18.9 Å². The van der Waals surface area contributed by atoms with Crippen LogP contribution in [0.2, 0.25) is 5.02 Å². The lowest BCUT2D eigenvalue weighted by molar-refractivity contribution is -0.254. The number of hydrogen-bond acceptors (Lipinski definition) is 6. The van der Waals surface area contributed by atoms with Gasteiger partial charge < -0.3 is 19.5 Å². The van der Waals surface area contributed by atoms with Gasteiger partial charge in [0.05, 0.1) is 34.1 Å². The molecule has 2 saturated heterocycles. The summed E-state index contributed by atoms with van der Waals surface area (Å²) in [6.45, 7) is 0.254. The number of piperidine rings is 1. The second-order valence-electron chi connectivity index (χ2n) is 11.4. The molecule has 6 rings (SSSR count). The summed E-state index contributed by atoms with van der Waals surface area (Å²) in [5, 5.41) is 6.48. The minimum absolute atomic E-state index is 0.00817. The largest absolute Gasteiger partial charge is 0.365 e. The first-order valence-corrected chi connectivity index (χ1v) is 13.8. The molecule has 216 valence electrons. The van der Waals surface area contributed by atoms with Crippen molar-refractivity contribution >= 4 is 46.4 Å². The molecule has 3 fully saturated rings. The molecular weight excluding hydrogens is 561 g/mol. The number of carbonyl (C=O) groups is 3. The normalized spacial score (nSPS) is 20.4. The third-order valence-electron chi connectivity index (χ3n) is 9.07. The number of likely N-dealkylation sites (N-methyl/N-ethyl adjacent to an activating group) is 1. The molecule has 1 N–H and O–H groups in total. The summed E-state index contributed by atoms with van der Waals surface area (Å²) in [5.74, 6) is -4.10. The Hall–Kier alpha value is -3.67. The number of likely N-dealkylation sites (tertiary alicyclic amines) is 2. The van der Waals surface area contributed by atoms with Crippen LogP contribution in [-0.2, 0) is 15.0 Å². The van der Waals surface area contributed by atoms with Crippen LogP contribution in [0.15, 0.2) is 30.5 Å². The summed E-state index contributed by atoms with van der Waals surface area (Å²) in [6, 6.07) is 5.96. The lowest BCUT2D eigenvalue weighted by atomic mass is 9.60. The maximum atomic E-state index is 14.8. The SMILES string of the molecule is CN(CC(=O)N1CC2(CCC2(F)F)C1)c1ccc(F)c(Cl)c1C1(C=O)CCN(C(=O)c2ccc3[nH]ncc3n2)CC1. The van der Waals surface area contributed by atoms with Crippen LogP contribution in [0.5, 0.6) is 0 Å². The molecule has 1 aliphatic carbocycles. The smallest absolute Gasteiger partial charge is 0.272 e. The van der Waals surface area contributed by atoms with E-state index < -0.39 is 22.6 Å². The number of nitrogens with one attached hydrogen (secondary N) is 1. The predicted molar refractivity (Wildman–Crippen MR) is 145 cm³/mol. The molecule has 0 unspecified atom stereocenters. The quantitative estimate of drug-likeness (QED) is 0.439. The zero-order chi connectivity index (χ0) is 29.2. The molecule has 4 heterocycles. The van der Waals surface area contributed by atoms with Crippen molar-refractivity contribution in [2.24, 2.45) is 5.41 Å². The van der Waals surface area contributed by atoms with E-state index in [9.17, 15) is 27.6 Å². The highest BCUT2D eigenvalue weighted by Gasteiger charge is 2.67. The average molecular weight is 589 g/mol. The molecule has 41 heavy (non-hydrogen) atoms. The molecule has 3 aliphatic rings. The fraction of sp³-hybridized carbons (Fsp3) is 0.464.